The lowest BCUT2D eigenvalue weighted by Gasteiger charge is -2.33. The van der Waals surface area contributed by atoms with Crippen molar-refractivity contribution in [3.63, 3.8) is 0 Å². The predicted octanol–water partition coefficient (Wildman–Crippen LogP) is 2.33. The Morgan fingerprint density at radius 1 is 1.19 bits per heavy atom. The van der Waals surface area contributed by atoms with E-state index in [1.807, 2.05) is 36.1 Å². The van der Waals surface area contributed by atoms with Crippen LogP contribution in [0.25, 0.3) is 0 Å². The van der Waals surface area contributed by atoms with Gasteiger partial charge in [-0.3, -0.25) is 4.79 Å². The lowest BCUT2D eigenvalue weighted by molar-refractivity contribution is -0.125. The fraction of sp³-hybridized carbons (Fsp3) is 0.400. The molecule has 0 spiro atoms. The van der Waals surface area contributed by atoms with E-state index in [0.29, 0.717) is 38.3 Å². The van der Waals surface area contributed by atoms with Crippen molar-refractivity contribution in [1.29, 1.82) is 0 Å². The van der Waals surface area contributed by atoms with E-state index in [1.165, 1.54) is 11.8 Å². The zero-order chi connectivity index (χ0) is 19.4. The molecule has 3 rings (SSSR count). The summed E-state index contributed by atoms with van der Waals surface area (Å²) in [5.41, 5.74) is 2.28. The van der Waals surface area contributed by atoms with Gasteiger partial charge in [0.2, 0.25) is 5.91 Å². The van der Waals surface area contributed by atoms with E-state index in [1.54, 1.807) is 18.3 Å². The first-order valence-corrected chi connectivity index (χ1v) is 11.0. The largest absolute Gasteiger partial charge is 0.355 e. The summed E-state index contributed by atoms with van der Waals surface area (Å²) in [7, 11) is -3.34. The van der Waals surface area contributed by atoms with Crippen molar-refractivity contribution < 1.29 is 13.2 Å². The number of benzene rings is 1. The number of carbonyl (C=O) groups excluding carboxylic acids is 1. The Morgan fingerprint density at radius 2 is 1.85 bits per heavy atom. The van der Waals surface area contributed by atoms with E-state index >= 15 is 0 Å². The van der Waals surface area contributed by atoms with Crippen LogP contribution in [-0.2, 0) is 21.2 Å². The molecule has 0 bridgehead atoms. The maximum Gasteiger partial charge on any atom is 0.223 e. The highest BCUT2D eigenvalue weighted by molar-refractivity contribution is 7.90. The smallest absolute Gasteiger partial charge is 0.223 e. The lowest BCUT2D eigenvalue weighted by atomic mass is 9.95. The first kappa shape index (κ1) is 19.4. The third-order valence-electron chi connectivity index (χ3n) is 4.90. The van der Waals surface area contributed by atoms with Crippen molar-refractivity contribution in [2.24, 2.45) is 5.92 Å². The Morgan fingerprint density at radius 3 is 2.48 bits per heavy atom. The van der Waals surface area contributed by atoms with Crippen molar-refractivity contribution in [1.82, 2.24) is 10.3 Å². The van der Waals surface area contributed by atoms with E-state index < -0.39 is 9.84 Å². The number of anilines is 1. The fourth-order valence-corrected chi connectivity index (χ4v) is 4.14. The highest BCUT2D eigenvalue weighted by Crippen LogP contribution is 2.27. The van der Waals surface area contributed by atoms with Crippen molar-refractivity contribution in [3.05, 3.63) is 53.7 Å². The van der Waals surface area contributed by atoms with E-state index in [-0.39, 0.29) is 16.7 Å². The van der Waals surface area contributed by atoms with Gasteiger partial charge in [-0.25, -0.2) is 13.4 Å². The molecule has 1 amide bonds. The number of sulfone groups is 1. The summed E-state index contributed by atoms with van der Waals surface area (Å²) in [5, 5.41) is 3.01. The molecule has 0 atom stereocenters. The fourth-order valence-electron chi connectivity index (χ4n) is 3.30. The maximum absolute atomic E-state index is 12.5. The van der Waals surface area contributed by atoms with Crippen LogP contribution < -0.4 is 10.2 Å². The highest BCUT2D eigenvalue weighted by Gasteiger charge is 2.28. The first-order chi connectivity index (χ1) is 12.8. The van der Waals surface area contributed by atoms with E-state index in [0.717, 1.165) is 5.56 Å². The number of aromatic nitrogens is 1. The minimum absolute atomic E-state index is 0.0552. The summed E-state index contributed by atoms with van der Waals surface area (Å²) in [5.74, 6) is 0.482. The second-order valence-electron chi connectivity index (χ2n) is 7.06. The molecule has 0 unspecified atom stereocenters. The first-order valence-electron chi connectivity index (χ1n) is 9.08. The van der Waals surface area contributed by atoms with Gasteiger partial charge in [0.15, 0.2) is 9.84 Å². The molecule has 1 N–H and O–H groups in total. The summed E-state index contributed by atoms with van der Waals surface area (Å²) in [6, 6.07) is 11.3. The van der Waals surface area contributed by atoms with Crippen molar-refractivity contribution >= 4 is 21.6 Å². The van der Waals surface area contributed by atoms with Crippen molar-refractivity contribution in [2.45, 2.75) is 31.2 Å². The minimum Gasteiger partial charge on any atom is -0.355 e. The SMILES string of the molecule is Cc1ccc(CNC(=O)C2CCN(c3ncccc3S(C)(=O)=O)CC2)cc1. The molecule has 7 heteroatoms. The van der Waals surface area contributed by atoms with Gasteiger partial charge < -0.3 is 10.2 Å². The number of carbonyl (C=O) groups is 1. The van der Waals surface area contributed by atoms with Crippen LogP contribution in [0.15, 0.2) is 47.5 Å². The average Bonchev–Trinajstić information content (AvgIpc) is 2.67. The van der Waals surface area contributed by atoms with Crippen LogP contribution in [0, 0.1) is 12.8 Å². The average molecular weight is 388 g/mol. The number of hydrogen-bond donors (Lipinski definition) is 1. The van der Waals surface area contributed by atoms with Crippen LogP contribution in [0.3, 0.4) is 0 Å². The molecular formula is C20H25N3O3S. The van der Waals surface area contributed by atoms with Crippen LogP contribution in [0.1, 0.15) is 24.0 Å². The summed E-state index contributed by atoms with van der Waals surface area (Å²) in [6.45, 7) is 3.79. The molecule has 2 aromatic rings. The van der Waals surface area contributed by atoms with Gasteiger partial charge in [-0.05, 0) is 37.5 Å². The number of piperidine rings is 1. The van der Waals surface area contributed by atoms with Gasteiger partial charge in [-0.2, -0.15) is 0 Å². The minimum atomic E-state index is -3.34. The lowest BCUT2D eigenvalue weighted by Crippen LogP contribution is -2.41. The number of pyridine rings is 1. The Hall–Kier alpha value is -2.41. The molecule has 0 saturated carbocycles. The Kier molecular flexibility index (Phi) is 5.79. The summed E-state index contributed by atoms with van der Waals surface area (Å²) in [6.07, 6.45) is 4.15. The van der Waals surface area contributed by atoms with Crippen LogP contribution >= 0.6 is 0 Å². The number of amides is 1. The molecule has 27 heavy (non-hydrogen) atoms. The van der Waals surface area contributed by atoms with Crippen LogP contribution in [0.5, 0.6) is 0 Å². The number of nitrogens with one attached hydrogen (secondary N) is 1. The molecule has 1 aromatic carbocycles. The monoisotopic (exact) mass is 387 g/mol. The quantitative estimate of drug-likeness (QED) is 0.852. The normalized spacial score (nSPS) is 15.6. The number of hydrogen-bond acceptors (Lipinski definition) is 5. The third-order valence-corrected chi connectivity index (χ3v) is 6.02. The second kappa shape index (κ2) is 8.08. The number of nitrogens with zero attached hydrogens (tertiary/aromatic N) is 2. The standard InChI is InChI=1S/C20H25N3O3S/c1-15-5-7-16(8-6-15)14-22-20(24)17-9-12-23(13-10-17)19-18(27(2,25)26)4-3-11-21-19/h3-8,11,17H,9-10,12-14H2,1-2H3,(H,22,24). The van der Waals surface area contributed by atoms with Crippen LogP contribution in [0.2, 0.25) is 0 Å². The van der Waals surface area contributed by atoms with E-state index in [2.05, 4.69) is 10.3 Å². The molecule has 0 radical (unpaired) electrons. The predicted molar refractivity (Wildman–Crippen MR) is 105 cm³/mol. The molecule has 6 nitrogen and oxygen atoms in total. The van der Waals surface area contributed by atoms with E-state index in [9.17, 15) is 13.2 Å². The molecule has 1 aromatic heterocycles. The Labute approximate surface area is 160 Å². The van der Waals surface area contributed by atoms with Crippen molar-refractivity contribution in [2.75, 3.05) is 24.2 Å². The Bertz CT molecular complexity index is 902. The summed E-state index contributed by atoms with van der Waals surface area (Å²) in [4.78, 5) is 18.9. The Balaban J connectivity index is 1.57. The summed E-state index contributed by atoms with van der Waals surface area (Å²) < 4.78 is 24.0. The molecular weight excluding hydrogens is 362 g/mol. The van der Waals surface area contributed by atoms with Gasteiger partial charge in [-0.1, -0.05) is 29.8 Å². The molecule has 144 valence electrons. The van der Waals surface area contributed by atoms with Gasteiger partial charge >= 0.3 is 0 Å². The van der Waals surface area contributed by atoms with Crippen LogP contribution in [-0.4, -0.2) is 38.7 Å². The zero-order valence-electron chi connectivity index (χ0n) is 15.7. The van der Waals surface area contributed by atoms with Gasteiger partial charge in [0.1, 0.15) is 10.7 Å². The molecule has 1 fully saturated rings. The second-order valence-corrected chi connectivity index (χ2v) is 9.05. The van der Waals surface area contributed by atoms with Gasteiger partial charge in [0, 0.05) is 38.0 Å². The van der Waals surface area contributed by atoms with Crippen LogP contribution in [0.4, 0.5) is 5.82 Å². The van der Waals surface area contributed by atoms with Gasteiger partial charge in [-0.15, -0.1) is 0 Å². The molecule has 1 saturated heterocycles. The van der Waals surface area contributed by atoms with Gasteiger partial charge in [0.05, 0.1) is 0 Å². The molecule has 0 aliphatic carbocycles. The zero-order valence-corrected chi connectivity index (χ0v) is 16.5. The maximum atomic E-state index is 12.5. The number of rotatable bonds is 5. The third kappa shape index (κ3) is 4.86. The molecule has 1 aliphatic rings. The summed E-state index contributed by atoms with van der Waals surface area (Å²) >= 11 is 0. The van der Waals surface area contributed by atoms with E-state index in [4.69, 9.17) is 0 Å². The number of aryl methyl sites for hydroxylation is 1. The molecule has 2 heterocycles. The molecule has 1 aliphatic heterocycles. The van der Waals surface area contributed by atoms with Crippen molar-refractivity contribution in [3.8, 4) is 0 Å². The topological polar surface area (TPSA) is 79.4 Å². The highest BCUT2D eigenvalue weighted by atomic mass is 32.2. The van der Waals surface area contributed by atoms with Gasteiger partial charge in [0.25, 0.3) is 0 Å².